The Morgan fingerprint density at radius 2 is 1.87 bits per heavy atom. The molecular formula is C19H23NO3. The Balaban J connectivity index is 1.76. The van der Waals surface area contributed by atoms with Crippen LogP contribution < -0.4 is 14.8 Å². The number of anilines is 1. The Hall–Kier alpha value is -2.49. The lowest BCUT2D eigenvalue weighted by molar-refractivity contribution is -0.116. The minimum Gasteiger partial charge on any atom is -0.495 e. The average molecular weight is 313 g/mol. The second-order valence-corrected chi connectivity index (χ2v) is 5.47. The summed E-state index contributed by atoms with van der Waals surface area (Å²) in [4.78, 5) is 12.0. The number of hydrogen-bond donors (Lipinski definition) is 1. The molecule has 4 heteroatoms. The third kappa shape index (κ3) is 5.02. The van der Waals surface area contributed by atoms with E-state index in [-0.39, 0.29) is 5.91 Å². The highest BCUT2D eigenvalue weighted by Crippen LogP contribution is 2.23. The fraction of sp³-hybridized carbons (Fsp3) is 0.316. The third-order valence-electron chi connectivity index (χ3n) is 3.52. The van der Waals surface area contributed by atoms with Crippen molar-refractivity contribution in [1.29, 1.82) is 0 Å². The van der Waals surface area contributed by atoms with Crippen molar-refractivity contribution >= 4 is 11.6 Å². The monoisotopic (exact) mass is 313 g/mol. The summed E-state index contributed by atoms with van der Waals surface area (Å²) in [6.45, 7) is 4.60. The van der Waals surface area contributed by atoms with Gasteiger partial charge in [0.1, 0.15) is 11.5 Å². The van der Waals surface area contributed by atoms with Crippen molar-refractivity contribution in [2.24, 2.45) is 0 Å². The first-order valence-electron chi connectivity index (χ1n) is 7.73. The van der Waals surface area contributed by atoms with Crippen molar-refractivity contribution in [2.45, 2.75) is 26.7 Å². The molecule has 0 aromatic heterocycles. The molecule has 1 amide bonds. The minimum absolute atomic E-state index is 0.0428. The fourth-order valence-electron chi connectivity index (χ4n) is 2.34. The van der Waals surface area contributed by atoms with Gasteiger partial charge in [-0.2, -0.15) is 0 Å². The Labute approximate surface area is 137 Å². The van der Waals surface area contributed by atoms with E-state index in [0.717, 1.165) is 11.3 Å². The zero-order valence-corrected chi connectivity index (χ0v) is 13.9. The van der Waals surface area contributed by atoms with Crippen LogP contribution in [0.2, 0.25) is 0 Å². The predicted molar refractivity (Wildman–Crippen MR) is 92.3 cm³/mol. The molecule has 0 spiro atoms. The number of ether oxygens (including phenoxy) is 2. The first-order chi connectivity index (χ1) is 11.1. The predicted octanol–water partition coefficient (Wildman–Crippen LogP) is 4.11. The lowest BCUT2D eigenvalue weighted by atomic mass is 10.1. The summed E-state index contributed by atoms with van der Waals surface area (Å²) in [5.41, 5.74) is 3.02. The summed E-state index contributed by atoms with van der Waals surface area (Å²) < 4.78 is 10.9. The number of carbonyl (C=O) groups excluding carboxylic acids is 1. The molecule has 0 unspecified atom stereocenters. The van der Waals surface area contributed by atoms with Crippen LogP contribution in [0.15, 0.2) is 42.5 Å². The van der Waals surface area contributed by atoms with Crippen molar-refractivity contribution in [3.8, 4) is 11.5 Å². The number of hydrogen-bond acceptors (Lipinski definition) is 3. The molecule has 0 saturated carbocycles. The first-order valence-corrected chi connectivity index (χ1v) is 7.73. The lowest BCUT2D eigenvalue weighted by Gasteiger charge is -2.11. The molecule has 0 bridgehead atoms. The molecule has 2 rings (SSSR count). The topological polar surface area (TPSA) is 47.6 Å². The van der Waals surface area contributed by atoms with Gasteiger partial charge in [0.25, 0.3) is 0 Å². The number of nitrogens with one attached hydrogen (secondary N) is 1. The van der Waals surface area contributed by atoms with Crippen LogP contribution >= 0.6 is 0 Å². The zero-order valence-electron chi connectivity index (χ0n) is 13.9. The second kappa shape index (κ2) is 8.22. The van der Waals surface area contributed by atoms with Crippen LogP contribution in [-0.2, 0) is 4.79 Å². The molecule has 1 N–H and O–H groups in total. The van der Waals surface area contributed by atoms with Gasteiger partial charge in [-0.15, -0.1) is 0 Å². The quantitative estimate of drug-likeness (QED) is 0.783. The number of benzene rings is 2. The SMILES string of the molecule is COc1ccccc1NC(=O)CCCOc1ccc(C)cc1C. The number of rotatable bonds is 7. The number of methoxy groups -OCH3 is 1. The van der Waals surface area contributed by atoms with Crippen LogP contribution in [-0.4, -0.2) is 19.6 Å². The standard InChI is InChI=1S/C19H23NO3/c1-14-10-11-17(15(2)13-14)23-12-6-9-19(21)20-16-7-4-5-8-18(16)22-3/h4-5,7-8,10-11,13H,6,9,12H2,1-3H3,(H,20,21). The molecule has 4 nitrogen and oxygen atoms in total. The molecule has 0 radical (unpaired) electrons. The summed E-state index contributed by atoms with van der Waals surface area (Å²) in [6, 6.07) is 13.5. The number of para-hydroxylation sites is 2. The maximum Gasteiger partial charge on any atom is 0.224 e. The van der Waals surface area contributed by atoms with Gasteiger partial charge in [0.15, 0.2) is 0 Å². The fourth-order valence-corrected chi connectivity index (χ4v) is 2.34. The van der Waals surface area contributed by atoms with E-state index >= 15 is 0 Å². The molecule has 122 valence electrons. The number of carbonyl (C=O) groups is 1. The van der Waals surface area contributed by atoms with E-state index in [1.165, 1.54) is 5.56 Å². The summed E-state index contributed by atoms with van der Waals surface area (Å²) >= 11 is 0. The van der Waals surface area contributed by atoms with Crippen LogP contribution in [0.4, 0.5) is 5.69 Å². The van der Waals surface area contributed by atoms with E-state index in [1.807, 2.05) is 43.3 Å². The van der Waals surface area contributed by atoms with Crippen LogP contribution in [0, 0.1) is 13.8 Å². The van der Waals surface area contributed by atoms with Gasteiger partial charge in [0.05, 0.1) is 19.4 Å². The molecule has 0 atom stereocenters. The van der Waals surface area contributed by atoms with Gasteiger partial charge in [0.2, 0.25) is 5.91 Å². The highest BCUT2D eigenvalue weighted by Gasteiger charge is 2.07. The maximum absolute atomic E-state index is 12.0. The molecular weight excluding hydrogens is 290 g/mol. The normalized spacial score (nSPS) is 10.2. The van der Waals surface area contributed by atoms with Crippen molar-refractivity contribution in [2.75, 3.05) is 19.0 Å². The van der Waals surface area contributed by atoms with Gasteiger partial charge < -0.3 is 14.8 Å². The van der Waals surface area contributed by atoms with Gasteiger partial charge in [-0.05, 0) is 44.0 Å². The Morgan fingerprint density at radius 3 is 2.61 bits per heavy atom. The van der Waals surface area contributed by atoms with Gasteiger partial charge in [0, 0.05) is 6.42 Å². The van der Waals surface area contributed by atoms with E-state index in [1.54, 1.807) is 7.11 Å². The van der Waals surface area contributed by atoms with Gasteiger partial charge in [-0.25, -0.2) is 0 Å². The summed E-state index contributed by atoms with van der Waals surface area (Å²) in [6.07, 6.45) is 1.07. The van der Waals surface area contributed by atoms with Crippen LogP contribution in [0.1, 0.15) is 24.0 Å². The highest BCUT2D eigenvalue weighted by molar-refractivity contribution is 5.92. The summed E-state index contributed by atoms with van der Waals surface area (Å²) in [5, 5.41) is 2.86. The Kier molecular flexibility index (Phi) is 6.03. The molecule has 2 aromatic carbocycles. The smallest absolute Gasteiger partial charge is 0.224 e. The first kappa shape index (κ1) is 16.9. The third-order valence-corrected chi connectivity index (χ3v) is 3.52. The van der Waals surface area contributed by atoms with E-state index in [0.29, 0.717) is 30.9 Å². The van der Waals surface area contributed by atoms with Crippen molar-refractivity contribution < 1.29 is 14.3 Å². The Bertz CT molecular complexity index is 667. The largest absolute Gasteiger partial charge is 0.495 e. The van der Waals surface area contributed by atoms with E-state index in [4.69, 9.17) is 9.47 Å². The van der Waals surface area contributed by atoms with Gasteiger partial charge in [-0.3, -0.25) is 4.79 Å². The molecule has 23 heavy (non-hydrogen) atoms. The van der Waals surface area contributed by atoms with Gasteiger partial charge >= 0.3 is 0 Å². The van der Waals surface area contributed by atoms with Crippen LogP contribution in [0.3, 0.4) is 0 Å². The minimum atomic E-state index is -0.0428. The number of amides is 1. The summed E-state index contributed by atoms with van der Waals surface area (Å²) in [5.74, 6) is 1.49. The number of aryl methyl sites for hydroxylation is 2. The second-order valence-electron chi connectivity index (χ2n) is 5.47. The highest BCUT2D eigenvalue weighted by atomic mass is 16.5. The van der Waals surface area contributed by atoms with Crippen molar-refractivity contribution in [3.63, 3.8) is 0 Å². The molecule has 0 saturated heterocycles. The molecule has 0 heterocycles. The lowest BCUT2D eigenvalue weighted by Crippen LogP contribution is -2.13. The van der Waals surface area contributed by atoms with E-state index in [2.05, 4.69) is 18.3 Å². The van der Waals surface area contributed by atoms with Crippen molar-refractivity contribution in [3.05, 3.63) is 53.6 Å². The van der Waals surface area contributed by atoms with E-state index in [9.17, 15) is 4.79 Å². The van der Waals surface area contributed by atoms with Gasteiger partial charge in [-0.1, -0.05) is 29.8 Å². The van der Waals surface area contributed by atoms with E-state index < -0.39 is 0 Å². The summed E-state index contributed by atoms with van der Waals surface area (Å²) in [7, 11) is 1.59. The molecule has 0 fully saturated rings. The molecule has 0 aliphatic rings. The average Bonchev–Trinajstić information content (AvgIpc) is 2.53. The molecule has 0 aliphatic carbocycles. The molecule has 0 aliphatic heterocycles. The maximum atomic E-state index is 12.0. The van der Waals surface area contributed by atoms with Crippen molar-refractivity contribution in [1.82, 2.24) is 0 Å². The van der Waals surface area contributed by atoms with Crippen LogP contribution in [0.25, 0.3) is 0 Å². The molecule has 2 aromatic rings. The zero-order chi connectivity index (χ0) is 16.7. The van der Waals surface area contributed by atoms with Crippen LogP contribution in [0.5, 0.6) is 11.5 Å². The Morgan fingerprint density at radius 1 is 1.09 bits per heavy atom.